The zero-order chi connectivity index (χ0) is 15.2. The Morgan fingerprint density at radius 1 is 1.40 bits per heavy atom. The van der Waals surface area contributed by atoms with Gasteiger partial charge in [-0.3, -0.25) is 14.9 Å². The fraction of sp³-hybridized carbons (Fsp3) is 0.583. The number of carbonyl (C=O) groups is 1. The van der Waals surface area contributed by atoms with E-state index in [0.29, 0.717) is 18.9 Å². The molecule has 1 heterocycles. The fourth-order valence-corrected chi connectivity index (χ4v) is 1.59. The van der Waals surface area contributed by atoms with Gasteiger partial charge in [0.1, 0.15) is 12.4 Å². The van der Waals surface area contributed by atoms with Crippen molar-refractivity contribution in [3.05, 3.63) is 22.5 Å². The zero-order valence-electron chi connectivity index (χ0n) is 11.5. The maximum Gasteiger partial charge on any atom is 0.305 e. The molecule has 0 saturated carbocycles. The second-order valence-corrected chi connectivity index (χ2v) is 5.26. The highest BCUT2D eigenvalue weighted by atomic mass is 16.6. The Labute approximate surface area is 116 Å². The first-order valence-corrected chi connectivity index (χ1v) is 6.22. The SMILES string of the molecule is CC(C)(CCNc1ncc([N+](=O)[O-])cn1)CCC(=O)O. The van der Waals surface area contributed by atoms with E-state index in [2.05, 4.69) is 15.3 Å². The van der Waals surface area contributed by atoms with E-state index < -0.39 is 10.9 Å². The van der Waals surface area contributed by atoms with E-state index in [-0.39, 0.29) is 17.5 Å². The van der Waals surface area contributed by atoms with Crippen LogP contribution in [0.1, 0.15) is 33.1 Å². The number of aromatic nitrogens is 2. The number of nitrogens with one attached hydrogen (secondary N) is 1. The molecule has 0 unspecified atom stereocenters. The van der Waals surface area contributed by atoms with E-state index in [1.165, 1.54) is 0 Å². The Bertz CT molecular complexity index is 473. The van der Waals surface area contributed by atoms with Gasteiger partial charge in [0.15, 0.2) is 0 Å². The van der Waals surface area contributed by atoms with Crippen molar-refractivity contribution in [2.24, 2.45) is 5.41 Å². The zero-order valence-corrected chi connectivity index (χ0v) is 11.5. The van der Waals surface area contributed by atoms with Gasteiger partial charge in [-0.25, -0.2) is 9.97 Å². The van der Waals surface area contributed by atoms with E-state index in [0.717, 1.165) is 18.8 Å². The predicted molar refractivity (Wildman–Crippen MR) is 72.4 cm³/mol. The number of nitrogens with zero attached hydrogens (tertiary/aromatic N) is 3. The van der Waals surface area contributed by atoms with Crippen molar-refractivity contribution in [1.29, 1.82) is 0 Å². The number of anilines is 1. The summed E-state index contributed by atoms with van der Waals surface area (Å²) in [4.78, 5) is 28.1. The van der Waals surface area contributed by atoms with E-state index in [1.54, 1.807) is 0 Å². The van der Waals surface area contributed by atoms with Crippen LogP contribution in [0.3, 0.4) is 0 Å². The van der Waals surface area contributed by atoms with Crippen LogP contribution in [-0.2, 0) is 4.79 Å². The van der Waals surface area contributed by atoms with E-state index >= 15 is 0 Å². The highest BCUT2D eigenvalue weighted by Gasteiger charge is 2.19. The van der Waals surface area contributed by atoms with Crippen LogP contribution in [0.2, 0.25) is 0 Å². The highest BCUT2D eigenvalue weighted by molar-refractivity contribution is 5.66. The highest BCUT2D eigenvalue weighted by Crippen LogP contribution is 2.26. The lowest BCUT2D eigenvalue weighted by molar-refractivity contribution is -0.385. The Balaban J connectivity index is 2.39. The van der Waals surface area contributed by atoms with Crippen molar-refractivity contribution >= 4 is 17.6 Å². The second kappa shape index (κ2) is 6.78. The average molecular weight is 282 g/mol. The predicted octanol–water partition coefficient (Wildman–Crippen LogP) is 2.08. The van der Waals surface area contributed by atoms with Crippen molar-refractivity contribution in [2.45, 2.75) is 33.1 Å². The standard InChI is InChI=1S/C12H18N4O4/c1-12(2,4-3-10(17)18)5-6-13-11-14-7-9(8-15-11)16(19)20/h7-8H,3-6H2,1-2H3,(H,17,18)(H,13,14,15). The molecule has 8 heteroatoms. The number of rotatable bonds is 8. The summed E-state index contributed by atoms with van der Waals surface area (Å²) < 4.78 is 0. The van der Waals surface area contributed by atoms with Crippen LogP contribution in [0.15, 0.2) is 12.4 Å². The van der Waals surface area contributed by atoms with Crippen LogP contribution >= 0.6 is 0 Å². The summed E-state index contributed by atoms with van der Waals surface area (Å²) >= 11 is 0. The van der Waals surface area contributed by atoms with Gasteiger partial charge >= 0.3 is 11.7 Å². The molecule has 1 rings (SSSR count). The molecule has 0 aromatic carbocycles. The lowest BCUT2D eigenvalue weighted by atomic mass is 9.84. The Morgan fingerprint density at radius 2 is 2.00 bits per heavy atom. The molecule has 0 bridgehead atoms. The lowest BCUT2D eigenvalue weighted by Crippen LogP contribution is -2.19. The topological polar surface area (TPSA) is 118 Å². The summed E-state index contributed by atoms with van der Waals surface area (Å²) in [6.07, 6.45) is 3.77. The van der Waals surface area contributed by atoms with E-state index in [9.17, 15) is 14.9 Å². The fourth-order valence-electron chi connectivity index (χ4n) is 1.59. The van der Waals surface area contributed by atoms with E-state index in [1.807, 2.05) is 13.8 Å². The van der Waals surface area contributed by atoms with Crippen molar-refractivity contribution in [1.82, 2.24) is 9.97 Å². The number of hydrogen-bond acceptors (Lipinski definition) is 6. The summed E-state index contributed by atoms with van der Waals surface area (Å²) in [5.74, 6) is -0.477. The van der Waals surface area contributed by atoms with Gasteiger partial charge in [0.2, 0.25) is 5.95 Å². The van der Waals surface area contributed by atoms with Gasteiger partial charge in [0, 0.05) is 13.0 Å². The van der Waals surface area contributed by atoms with Crippen molar-refractivity contribution < 1.29 is 14.8 Å². The lowest BCUT2D eigenvalue weighted by Gasteiger charge is -2.23. The van der Waals surface area contributed by atoms with Gasteiger partial charge in [-0.05, 0) is 18.3 Å². The van der Waals surface area contributed by atoms with Gasteiger partial charge in [0.05, 0.1) is 4.92 Å². The summed E-state index contributed by atoms with van der Waals surface area (Å²) in [6.45, 7) is 4.56. The minimum absolute atomic E-state index is 0.105. The maximum absolute atomic E-state index is 10.5. The molecule has 0 atom stereocenters. The molecule has 0 spiro atoms. The second-order valence-electron chi connectivity index (χ2n) is 5.26. The quantitative estimate of drug-likeness (QED) is 0.553. The first-order chi connectivity index (χ1) is 9.30. The number of aliphatic carboxylic acids is 1. The maximum atomic E-state index is 10.5. The Kier molecular flexibility index (Phi) is 5.36. The number of nitro groups is 1. The molecule has 1 aromatic rings. The minimum Gasteiger partial charge on any atom is -0.481 e. The first kappa shape index (κ1) is 15.8. The number of carboxylic acids is 1. The summed E-state index contributed by atoms with van der Waals surface area (Å²) in [6, 6.07) is 0. The third-order valence-corrected chi connectivity index (χ3v) is 2.95. The third kappa shape index (κ3) is 5.59. The molecule has 20 heavy (non-hydrogen) atoms. The molecule has 0 saturated heterocycles. The molecule has 2 N–H and O–H groups in total. The van der Waals surface area contributed by atoms with Gasteiger partial charge in [-0.15, -0.1) is 0 Å². The number of hydrogen-bond donors (Lipinski definition) is 2. The molecule has 0 aliphatic rings. The molecule has 0 radical (unpaired) electrons. The van der Waals surface area contributed by atoms with Crippen molar-refractivity contribution in [3.63, 3.8) is 0 Å². The number of carboxylic acid groups (broad SMARTS) is 1. The monoisotopic (exact) mass is 282 g/mol. The largest absolute Gasteiger partial charge is 0.481 e. The summed E-state index contributed by atoms with van der Waals surface area (Å²) in [5.41, 5.74) is -0.260. The van der Waals surface area contributed by atoms with Crippen LogP contribution in [0, 0.1) is 15.5 Å². The normalized spacial score (nSPS) is 11.1. The molecule has 0 fully saturated rings. The third-order valence-electron chi connectivity index (χ3n) is 2.95. The van der Waals surface area contributed by atoms with Crippen LogP contribution in [0.25, 0.3) is 0 Å². The Hall–Kier alpha value is -2.25. The molecule has 0 aliphatic heterocycles. The molecule has 110 valence electrons. The van der Waals surface area contributed by atoms with Gasteiger partial charge in [-0.1, -0.05) is 13.8 Å². The first-order valence-electron chi connectivity index (χ1n) is 6.22. The molecular formula is C12H18N4O4. The minimum atomic E-state index is -0.801. The van der Waals surface area contributed by atoms with Crippen LogP contribution in [0.4, 0.5) is 11.6 Å². The van der Waals surface area contributed by atoms with E-state index in [4.69, 9.17) is 5.11 Å². The van der Waals surface area contributed by atoms with Gasteiger partial charge in [0.25, 0.3) is 0 Å². The van der Waals surface area contributed by atoms with Crippen molar-refractivity contribution in [3.8, 4) is 0 Å². The molecule has 0 amide bonds. The summed E-state index contributed by atoms with van der Waals surface area (Å²) in [5, 5.41) is 22.1. The van der Waals surface area contributed by atoms with Gasteiger partial charge < -0.3 is 10.4 Å². The Morgan fingerprint density at radius 3 is 2.50 bits per heavy atom. The van der Waals surface area contributed by atoms with Crippen LogP contribution in [-0.4, -0.2) is 32.5 Å². The summed E-state index contributed by atoms with van der Waals surface area (Å²) in [7, 11) is 0. The smallest absolute Gasteiger partial charge is 0.305 e. The molecule has 0 aliphatic carbocycles. The molecule has 1 aromatic heterocycles. The van der Waals surface area contributed by atoms with Crippen LogP contribution in [0.5, 0.6) is 0 Å². The molecular weight excluding hydrogens is 264 g/mol. The average Bonchev–Trinajstić information content (AvgIpc) is 2.37. The van der Waals surface area contributed by atoms with Crippen LogP contribution < -0.4 is 5.32 Å². The van der Waals surface area contributed by atoms with Crippen molar-refractivity contribution in [2.75, 3.05) is 11.9 Å². The van der Waals surface area contributed by atoms with Gasteiger partial charge in [-0.2, -0.15) is 0 Å². The molecule has 8 nitrogen and oxygen atoms in total.